The van der Waals surface area contributed by atoms with Crippen molar-refractivity contribution in [3.05, 3.63) is 59.3 Å². The molecule has 0 saturated heterocycles. The van der Waals surface area contributed by atoms with Gasteiger partial charge in [0.1, 0.15) is 5.82 Å². The molecule has 2 aliphatic rings. The monoisotopic (exact) mass is 406 g/mol. The SMILES string of the molecule is O=C(CCNC(=O)C1CCCC1)NCc1ccc(N2CCc3ccccc3C2)nc1. The Morgan fingerprint density at radius 2 is 1.83 bits per heavy atom. The molecule has 30 heavy (non-hydrogen) atoms. The van der Waals surface area contributed by atoms with Crippen LogP contribution in [0.1, 0.15) is 48.8 Å². The predicted molar refractivity (Wildman–Crippen MR) is 117 cm³/mol. The van der Waals surface area contributed by atoms with Crippen LogP contribution in [-0.2, 0) is 29.1 Å². The Labute approximate surface area is 178 Å². The minimum atomic E-state index is -0.0570. The van der Waals surface area contributed by atoms with Gasteiger partial charge in [-0.1, -0.05) is 43.2 Å². The molecular weight excluding hydrogens is 376 g/mol. The highest BCUT2D eigenvalue weighted by molar-refractivity contribution is 5.80. The summed E-state index contributed by atoms with van der Waals surface area (Å²) in [5.74, 6) is 1.15. The Kier molecular flexibility index (Phi) is 6.62. The van der Waals surface area contributed by atoms with Crippen molar-refractivity contribution in [1.29, 1.82) is 0 Å². The fourth-order valence-corrected chi connectivity index (χ4v) is 4.32. The molecule has 1 aliphatic carbocycles. The highest BCUT2D eigenvalue weighted by Crippen LogP contribution is 2.24. The van der Waals surface area contributed by atoms with Crippen LogP contribution in [-0.4, -0.2) is 29.9 Å². The van der Waals surface area contributed by atoms with Gasteiger partial charge in [-0.3, -0.25) is 9.59 Å². The van der Waals surface area contributed by atoms with Gasteiger partial charge in [0.2, 0.25) is 11.8 Å². The molecule has 2 heterocycles. The summed E-state index contributed by atoms with van der Waals surface area (Å²) in [6, 6.07) is 12.6. The van der Waals surface area contributed by atoms with Gasteiger partial charge in [0, 0.05) is 44.7 Å². The number of nitrogens with zero attached hydrogens (tertiary/aromatic N) is 2. The summed E-state index contributed by atoms with van der Waals surface area (Å²) in [6.07, 6.45) is 7.39. The summed E-state index contributed by atoms with van der Waals surface area (Å²) in [4.78, 5) is 30.9. The molecule has 6 heteroatoms. The molecular formula is C24H30N4O2. The van der Waals surface area contributed by atoms with Crippen LogP contribution in [0, 0.1) is 5.92 Å². The maximum absolute atomic E-state index is 12.1. The normalized spacial score (nSPS) is 16.2. The number of hydrogen-bond acceptors (Lipinski definition) is 4. The van der Waals surface area contributed by atoms with Gasteiger partial charge in [-0.25, -0.2) is 4.98 Å². The van der Waals surface area contributed by atoms with Gasteiger partial charge < -0.3 is 15.5 Å². The fraction of sp³-hybridized carbons (Fsp3) is 0.458. The number of fused-ring (bicyclic) bond motifs is 1. The van der Waals surface area contributed by atoms with Crippen LogP contribution in [0.25, 0.3) is 0 Å². The average molecular weight is 407 g/mol. The number of carbonyl (C=O) groups is 2. The molecule has 6 nitrogen and oxygen atoms in total. The number of pyridine rings is 1. The van der Waals surface area contributed by atoms with E-state index in [0.717, 1.165) is 56.6 Å². The smallest absolute Gasteiger partial charge is 0.223 e. The van der Waals surface area contributed by atoms with Crippen LogP contribution >= 0.6 is 0 Å². The molecule has 2 amide bonds. The molecule has 1 aliphatic heterocycles. The summed E-state index contributed by atoms with van der Waals surface area (Å²) in [5.41, 5.74) is 3.76. The van der Waals surface area contributed by atoms with Gasteiger partial charge in [-0.15, -0.1) is 0 Å². The number of nitrogens with one attached hydrogen (secondary N) is 2. The summed E-state index contributed by atoms with van der Waals surface area (Å²) in [5, 5.41) is 5.80. The maximum Gasteiger partial charge on any atom is 0.223 e. The minimum Gasteiger partial charge on any atom is -0.355 e. The first-order valence-corrected chi connectivity index (χ1v) is 11.0. The molecule has 0 bridgehead atoms. The molecule has 0 atom stereocenters. The number of hydrogen-bond donors (Lipinski definition) is 2. The summed E-state index contributed by atoms with van der Waals surface area (Å²) in [7, 11) is 0. The second-order valence-electron chi connectivity index (χ2n) is 8.26. The number of rotatable bonds is 7. The Bertz CT molecular complexity index is 875. The van der Waals surface area contributed by atoms with E-state index in [9.17, 15) is 9.59 Å². The molecule has 0 radical (unpaired) electrons. The van der Waals surface area contributed by atoms with Crippen molar-refractivity contribution in [3.8, 4) is 0 Å². The van der Waals surface area contributed by atoms with Crippen LogP contribution in [0.5, 0.6) is 0 Å². The topological polar surface area (TPSA) is 74.3 Å². The van der Waals surface area contributed by atoms with Crippen molar-refractivity contribution in [1.82, 2.24) is 15.6 Å². The van der Waals surface area contributed by atoms with Crippen molar-refractivity contribution in [2.75, 3.05) is 18.0 Å². The molecule has 158 valence electrons. The molecule has 0 spiro atoms. The zero-order chi connectivity index (χ0) is 20.8. The van der Waals surface area contributed by atoms with Crippen molar-refractivity contribution in [2.24, 2.45) is 5.92 Å². The third kappa shape index (κ3) is 5.17. The first-order valence-electron chi connectivity index (χ1n) is 11.0. The zero-order valence-corrected chi connectivity index (χ0v) is 17.4. The van der Waals surface area contributed by atoms with Crippen LogP contribution in [0.4, 0.5) is 5.82 Å². The Morgan fingerprint density at radius 1 is 1.03 bits per heavy atom. The zero-order valence-electron chi connectivity index (χ0n) is 17.4. The lowest BCUT2D eigenvalue weighted by Crippen LogP contribution is -2.33. The van der Waals surface area contributed by atoms with E-state index in [-0.39, 0.29) is 17.7 Å². The average Bonchev–Trinajstić information content (AvgIpc) is 3.33. The van der Waals surface area contributed by atoms with Gasteiger partial charge in [-0.2, -0.15) is 0 Å². The Morgan fingerprint density at radius 3 is 2.60 bits per heavy atom. The first kappa shape index (κ1) is 20.4. The molecule has 1 aromatic carbocycles. The Hall–Kier alpha value is -2.89. The Balaban J connectivity index is 1.19. The van der Waals surface area contributed by atoms with Gasteiger partial charge in [0.05, 0.1) is 0 Å². The van der Waals surface area contributed by atoms with E-state index in [0.29, 0.717) is 19.5 Å². The molecule has 1 aromatic heterocycles. The first-order chi connectivity index (χ1) is 14.7. The number of amides is 2. The molecule has 2 N–H and O–H groups in total. The number of aromatic nitrogens is 1. The van der Waals surface area contributed by atoms with Gasteiger partial charge in [0.25, 0.3) is 0 Å². The van der Waals surface area contributed by atoms with E-state index < -0.39 is 0 Å². The summed E-state index contributed by atoms with van der Waals surface area (Å²) < 4.78 is 0. The largest absolute Gasteiger partial charge is 0.355 e. The van der Waals surface area contributed by atoms with Gasteiger partial charge >= 0.3 is 0 Å². The van der Waals surface area contributed by atoms with E-state index in [4.69, 9.17) is 0 Å². The van der Waals surface area contributed by atoms with Crippen LogP contribution in [0.3, 0.4) is 0 Å². The minimum absolute atomic E-state index is 0.0570. The standard InChI is InChI=1S/C24H30N4O2/c29-23(11-13-25-24(30)20-6-2-3-7-20)27-16-18-9-10-22(26-15-18)28-14-12-19-5-1-4-8-21(19)17-28/h1,4-5,8-10,15,20H,2-3,6-7,11-14,16-17H2,(H,25,30)(H,27,29). The van der Waals surface area contributed by atoms with Crippen molar-refractivity contribution < 1.29 is 9.59 Å². The third-order valence-corrected chi connectivity index (χ3v) is 6.13. The van der Waals surface area contributed by atoms with E-state index in [1.54, 1.807) is 0 Å². The van der Waals surface area contributed by atoms with Crippen LogP contribution < -0.4 is 15.5 Å². The van der Waals surface area contributed by atoms with Crippen LogP contribution in [0.15, 0.2) is 42.6 Å². The van der Waals surface area contributed by atoms with E-state index >= 15 is 0 Å². The molecule has 4 rings (SSSR count). The van der Waals surface area contributed by atoms with Crippen LogP contribution in [0.2, 0.25) is 0 Å². The lowest BCUT2D eigenvalue weighted by Gasteiger charge is -2.29. The number of carbonyl (C=O) groups excluding carboxylic acids is 2. The fourth-order valence-electron chi connectivity index (χ4n) is 4.32. The summed E-state index contributed by atoms with van der Waals surface area (Å²) in [6.45, 7) is 2.69. The second kappa shape index (κ2) is 9.74. The van der Waals surface area contributed by atoms with Gasteiger partial charge in [0.15, 0.2) is 0 Å². The lowest BCUT2D eigenvalue weighted by atomic mass is 10.00. The molecule has 1 fully saturated rings. The highest BCUT2D eigenvalue weighted by atomic mass is 16.2. The lowest BCUT2D eigenvalue weighted by molar-refractivity contribution is -0.125. The molecule has 0 unspecified atom stereocenters. The second-order valence-corrected chi connectivity index (χ2v) is 8.26. The number of benzene rings is 1. The van der Waals surface area contributed by atoms with Crippen molar-refractivity contribution >= 4 is 17.6 Å². The molecule has 1 saturated carbocycles. The quantitative estimate of drug-likeness (QED) is 0.741. The third-order valence-electron chi connectivity index (χ3n) is 6.13. The van der Waals surface area contributed by atoms with E-state index in [2.05, 4.69) is 44.8 Å². The van der Waals surface area contributed by atoms with E-state index in [1.165, 1.54) is 11.1 Å². The maximum atomic E-state index is 12.1. The summed E-state index contributed by atoms with van der Waals surface area (Å²) >= 11 is 0. The van der Waals surface area contributed by atoms with Crippen molar-refractivity contribution in [2.45, 2.75) is 51.6 Å². The number of anilines is 1. The van der Waals surface area contributed by atoms with Gasteiger partial charge in [-0.05, 0) is 42.0 Å². The highest BCUT2D eigenvalue weighted by Gasteiger charge is 2.22. The molecule has 2 aromatic rings. The predicted octanol–water partition coefficient (Wildman–Crippen LogP) is 2.96. The van der Waals surface area contributed by atoms with Crippen molar-refractivity contribution in [3.63, 3.8) is 0 Å². The van der Waals surface area contributed by atoms with E-state index in [1.807, 2.05) is 18.3 Å².